The molecule has 19 heteroatoms. The van der Waals surface area contributed by atoms with E-state index in [0.717, 1.165) is 11.1 Å². The van der Waals surface area contributed by atoms with Crippen LogP contribution in [0.25, 0.3) is 23.3 Å². The van der Waals surface area contributed by atoms with E-state index < -0.39 is 31.9 Å². The highest BCUT2D eigenvalue weighted by Gasteiger charge is 2.30. The Morgan fingerprint density at radius 1 is 0.569 bits per heavy atom. The number of benzene rings is 4. The van der Waals surface area contributed by atoms with E-state index in [1.165, 1.54) is 24.3 Å². The molecule has 2 aliphatic rings. The molecule has 374 valence electrons. The minimum atomic E-state index is -3.96. The highest BCUT2D eigenvalue weighted by molar-refractivity contribution is 7.93. The predicted molar refractivity (Wildman–Crippen MR) is 282 cm³/mol. The Hall–Kier alpha value is -7.74. The van der Waals surface area contributed by atoms with E-state index in [-0.39, 0.29) is 32.8 Å². The molecule has 0 spiro atoms. The molecular weight excluding hydrogens is 955 g/mol. The Morgan fingerprint density at radius 2 is 0.972 bits per heavy atom. The van der Waals surface area contributed by atoms with Crippen molar-refractivity contribution >= 4 is 89.7 Å². The van der Waals surface area contributed by atoms with Crippen molar-refractivity contribution in [2.24, 2.45) is 0 Å². The quantitative estimate of drug-likeness (QED) is 0.0311. The second-order valence-corrected chi connectivity index (χ2v) is 21.6. The van der Waals surface area contributed by atoms with Crippen LogP contribution < -0.4 is 30.7 Å². The number of nitrogens with zero attached hydrogens (tertiary/aromatic N) is 1. The minimum absolute atomic E-state index is 0.00183. The fraction of sp³-hybridized carbons (Fsp3) is 0.245. The summed E-state index contributed by atoms with van der Waals surface area (Å²) >= 11 is 0. The van der Waals surface area contributed by atoms with Crippen LogP contribution in [-0.2, 0) is 29.6 Å². The van der Waals surface area contributed by atoms with Crippen molar-refractivity contribution in [1.29, 1.82) is 0 Å². The topological polar surface area (TPSA) is 244 Å². The average Bonchev–Trinajstić information content (AvgIpc) is 4.00. The van der Waals surface area contributed by atoms with Crippen LogP contribution in [0.2, 0.25) is 0 Å². The molecule has 0 unspecified atom stereocenters. The molecule has 0 radical (unpaired) electrons. The van der Waals surface area contributed by atoms with Gasteiger partial charge in [-0.1, -0.05) is 24.3 Å². The lowest BCUT2D eigenvalue weighted by molar-refractivity contribution is -0.111. The minimum Gasteiger partial charge on any atom is -0.358 e. The lowest BCUT2D eigenvalue weighted by atomic mass is 10.0. The zero-order valence-corrected chi connectivity index (χ0v) is 42.6. The Balaban J connectivity index is 0.815. The fourth-order valence-electron chi connectivity index (χ4n) is 9.00. The number of anilines is 4. The van der Waals surface area contributed by atoms with Gasteiger partial charge in [0.05, 0.1) is 32.1 Å². The Kier molecular flexibility index (Phi) is 14.4. The molecule has 4 heterocycles. The van der Waals surface area contributed by atoms with E-state index in [2.05, 4.69) is 45.6 Å². The number of carbonyl (C=O) groups excluding carboxylic acids is 4. The van der Waals surface area contributed by atoms with Crippen molar-refractivity contribution in [1.82, 2.24) is 25.5 Å². The van der Waals surface area contributed by atoms with Gasteiger partial charge in [0.25, 0.3) is 43.7 Å². The Morgan fingerprint density at radius 3 is 1.36 bits per heavy atom. The lowest BCUT2D eigenvalue weighted by Crippen LogP contribution is -2.31. The van der Waals surface area contributed by atoms with E-state index in [9.17, 15) is 36.0 Å². The van der Waals surface area contributed by atoms with Crippen LogP contribution in [0.3, 0.4) is 0 Å². The highest BCUT2D eigenvalue weighted by Crippen LogP contribution is 2.38. The highest BCUT2D eigenvalue weighted by atomic mass is 32.2. The van der Waals surface area contributed by atoms with Crippen LogP contribution in [0.5, 0.6) is 0 Å². The van der Waals surface area contributed by atoms with Gasteiger partial charge in [0.15, 0.2) is 0 Å². The normalized spacial score (nSPS) is 14.3. The van der Waals surface area contributed by atoms with Gasteiger partial charge in [0.2, 0.25) is 0 Å². The van der Waals surface area contributed by atoms with Crippen LogP contribution in [0.1, 0.15) is 89.7 Å². The molecule has 6 aromatic rings. The third-order valence-electron chi connectivity index (χ3n) is 12.7. The first-order chi connectivity index (χ1) is 34.2. The number of H-pyrrole nitrogens is 2. The molecule has 0 saturated carbocycles. The van der Waals surface area contributed by atoms with Crippen molar-refractivity contribution < 1.29 is 36.0 Å². The summed E-state index contributed by atoms with van der Waals surface area (Å²) in [6.07, 6.45) is 4.60. The van der Waals surface area contributed by atoms with Gasteiger partial charge in [-0.2, -0.15) is 0 Å². The first-order valence-electron chi connectivity index (χ1n) is 23.4. The van der Waals surface area contributed by atoms with Gasteiger partial charge in [-0.15, -0.1) is 0 Å². The third kappa shape index (κ3) is 10.9. The maximum Gasteiger partial charge on any atom is 0.261 e. The molecule has 8 rings (SSSR count). The fourth-order valence-corrected chi connectivity index (χ4v) is 11.1. The van der Waals surface area contributed by atoms with Gasteiger partial charge in [-0.3, -0.25) is 28.6 Å². The van der Waals surface area contributed by atoms with E-state index >= 15 is 0 Å². The number of aryl methyl sites for hydroxylation is 4. The number of amides is 4. The summed E-state index contributed by atoms with van der Waals surface area (Å²) in [5.74, 6) is -1.31. The standard InChI is InChI=1S/C53H57N9O8S2/c1-30-12-8-14-36(24-30)60-71(67,68)38-16-18-44-40(26-38)42(50(63)58-44)28-46-32(3)48(34(5)56-46)52(65)54-20-10-22-62(7)23-11-21-55-53(66)49-33(4)47(57-35(49)6)29-43-41-27-39(17-19-45(41)59-51(43)64)72(69,70)61-37-15-9-13-31(2)25-37/h8-9,12-19,24-29,56-57,60-61H,10-11,20-23H2,1-7H3,(H,54,65)(H,55,66)(H,58,63)(H,59,64)/b42-28-,43-29-. The summed E-state index contributed by atoms with van der Waals surface area (Å²) in [6, 6.07) is 23.0. The molecule has 0 fully saturated rings. The number of hydrogen-bond donors (Lipinski definition) is 8. The number of rotatable bonds is 18. The molecule has 2 aromatic heterocycles. The van der Waals surface area contributed by atoms with Crippen LogP contribution >= 0.6 is 0 Å². The van der Waals surface area contributed by atoms with Gasteiger partial charge in [-0.05, 0) is 170 Å². The summed E-state index contributed by atoms with van der Waals surface area (Å²) in [4.78, 5) is 61.8. The molecule has 0 saturated heterocycles. The largest absolute Gasteiger partial charge is 0.358 e. The molecule has 0 aliphatic carbocycles. The smallest absolute Gasteiger partial charge is 0.261 e. The van der Waals surface area contributed by atoms with E-state index in [0.29, 0.717) is 118 Å². The first kappa shape index (κ1) is 50.6. The van der Waals surface area contributed by atoms with Gasteiger partial charge >= 0.3 is 0 Å². The summed E-state index contributed by atoms with van der Waals surface area (Å²) in [7, 11) is -5.96. The maximum atomic E-state index is 13.5. The zero-order chi connectivity index (χ0) is 51.6. The lowest BCUT2D eigenvalue weighted by Gasteiger charge is -2.17. The SMILES string of the molecule is Cc1cccc(NS(=O)(=O)c2ccc3c(c2)/C(=C/c2[nH]c(C)c(C(=O)NCCCN(C)CCCNC(=O)c4c(C)[nH]c(/C=C5\C(=O)Nc6ccc(S(=O)(=O)Nc7cccc(C)c7)cc65)c4C)c2C)C(=O)N3)c1. The number of aromatic nitrogens is 2. The third-order valence-corrected chi connectivity index (χ3v) is 15.5. The zero-order valence-electron chi connectivity index (χ0n) is 41.0. The number of aromatic amines is 2. The second kappa shape index (κ2) is 20.5. The van der Waals surface area contributed by atoms with Crippen LogP contribution in [0.15, 0.2) is 94.7 Å². The van der Waals surface area contributed by atoms with Crippen molar-refractivity contribution in [2.45, 2.75) is 64.2 Å². The summed E-state index contributed by atoms with van der Waals surface area (Å²) in [6.45, 7) is 13.1. The van der Waals surface area contributed by atoms with Crippen molar-refractivity contribution in [3.8, 4) is 0 Å². The molecule has 8 N–H and O–H groups in total. The molecule has 0 atom stereocenters. The number of sulfonamides is 2. The van der Waals surface area contributed by atoms with Crippen LogP contribution in [-0.4, -0.2) is 88.6 Å². The van der Waals surface area contributed by atoms with Gasteiger partial charge < -0.3 is 36.1 Å². The van der Waals surface area contributed by atoms with Crippen molar-refractivity contribution in [3.05, 3.63) is 152 Å². The number of nitrogens with one attached hydrogen (secondary N) is 8. The number of hydrogen-bond acceptors (Lipinski definition) is 9. The van der Waals surface area contributed by atoms with Crippen LogP contribution in [0.4, 0.5) is 22.7 Å². The molecule has 72 heavy (non-hydrogen) atoms. The predicted octanol–water partition coefficient (Wildman–Crippen LogP) is 7.65. The molecule has 4 amide bonds. The van der Waals surface area contributed by atoms with Gasteiger partial charge in [0.1, 0.15) is 0 Å². The molecule has 4 aromatic carbocycles. The maximum absolute atomic E-state index is 13.5. The van der Waals surface area contributed by atoms with Gasteiger partial charge in [-0.25, -0.2) is 16.8 Å². The monoisotopic (exact) mass is 1010 g/mol. The molecular formula is C53H57N9O8S2. The number of fused-ring (bicyclic) bond motifs is 2. The van der Waals surface area contributed by atoms with Crippen molar-refractivity contribution in [2.75, 3.05) is 53.3 Å². The second-order valence-electron chi connectivity index (χ2n) is 18.2. The Labute approximate surface area is 419 Å². The summed E-state index contributed by atoms with van der Waals surface area (Å²) in [5, 5.41) is 11.6. The summed E-state index contributed by atoms with van der Waals surface area (Å²) in [5.41, 5.74) is 9.54. The molecule has 2 aliphatic heterocycles. The summed E-state index contributed by atoms with van der Waals surface area (Å²) < 4.78 is 58.5. The van der Waals surface area contributed by atoms with E-state index in [1.807, 2.05) is 33.0 Å². The van der Waals surface area contributed by atoms with E-state index in [4.69, 9.17) is 0 Å². The Bertz CT molecular complexity index is 3250. The first-order valence-corrected chi connectivity index (χ1v) is 26.3. The van der Waals surface area contributed by atoms with Crippen LogP contribution in [0, 0.1) is 41.5 Å². The molecule has 0 bridgehead atoms. The van der Waals surface area contributed by atoms with Gasteiger partial charge in [0, 0.05) is 69.7 Å². The molecule has 17 nitrogen and oxygen atoms in total. The van der Waals surface area contributed by atoms with E-state index in [1.54, 1.807) is 88.4 Å². The van der Waals surface area contributed by atoms with Crippen molar-refractivity contribution in [3.63, 3.8) is 0 Å². The average molecular weight is 1010 g/mol. The number of carbonyl (C=O) groups is 4.